The Hall–Kier alpha value is -1.99. The first-order valence-corrected chi connectivity index (χ1v) is 16.3. The molecule has 0 saturated carbocycles. The van der Waals surface area contributed by atoms with Gasteiger partial charge >= 0.3 is 0 Å². The summed E-state index contributed by atoms with van der Waals surface area (Å²) in [5.41, 5.74) is 3.40. The van der Waals surface area contributed by atoms with Gasteiger partial charge in [0.05, 0.1) is 22.4 Å². The molecule has 0 radical (unpaired) electrons. The topological polar surface area (TPSA) is 31.3 Å². The second-order valence-electron chi connectivity index (χ2n) is 11.2. The molecule has 0 saturated heterocycles. The number of hydrogen-bond donors (Lipinski definition) is 0. The highest BCUT2D eigenvalue weighted by molar-refractivity contribution is 6.74. The summed E-state index contributed by atoms with van der Waals surface area (Å²) >= 11 is 12.6. The third kappa shape index (κ3) is 5.93. The predicted molar refractivity (Wildman–Crippen MR) is 154 cm³/mol. The average molecular weight is 546 g/mol. The summed E-state index contributed by atoms with van der Waals surface area (Å²) in [5, 5.41) is 1.34. The smallest absolute Gasteiger partial charge is 0.191 e. The largest absolute Gasteiger partial charge is 0.417 e. The monoisotopic (exact) mass is 544 g/mol. The van der Waals surface area contributed by atoms with E-state index in [1.54, 1.807) is 0 Å². The summed E-state index contributed by atoms with van der Waals surface area (Å²) in [6.45, 7) is 14.8. The van der Waals surface area contributed by atoms with Crippen molar-refractivity contribution >= 4 is 37.4 Å². The van der Waals surface area contributed by atoms with Gasteiger partial charge in [0.2, 0.25) is 0 Å². The fourth-order valence-corrected chi connectivity index (χ4v) is 5.71. The van der Waals surface area contributed by atoms with Crippen LogP contribution < -0.4 is 0 Å². The van der Waals surface area contributed by atoms with E-state index in [0.717, 1.165) is 49.9 Å². The molecule has 2 aliphatic heterocycles. The Kier molecular flexibility index (Phi) is 8.10. The summed E-state index contributed by atoms with van der Waals surface area (Å²) in [6.07, 6.45) is 3.10. The van der Waals surface area contributed by atoms with Gasteiger partial charge in [0.1, 0.15) is 6.17 Å². The summed E-state index contributed by atoms with van der Waals surface area (Å²) < 4.78 is 6.41. The number of likely N-dealkylation sites (N-methyl/N-ethyl adjacent to an activating group) is 1. The Morgan fingerprint density at radius 2 is 1.78 bits per heavy atom. The Bertz CT molecular complexity index is 1130. The van der Waals surface area contributed by atoms with Crippen LogP contribution in [0.5, 0.6) is 0 Å². The second kappa shape index (κ2) is 10.8. The van der Waals surface area contributed by atoms with E-state index in [4.69, 9.17) is 32.6 Å². The quantitative estimate of drug-likeness (QED) is 0.256. The molecule has 2 aromatic carbocycles. The number of amidine groups is 1. The van der Waals surface area contributed by atoms with Crippen molar-refractivity contribution in [2.24, 2.45) is 4.99 Å². The zero-order valence-corrected chi connectivity index (χ0v) is 24.8. The van der Waals surface area contributed by atoms with E-state index >= 15 is 0 Å². The first kappa shape index (κ1) is 27.1. The van der Waals surface area contributed by atoms with Gasteiger partial charge in [-0.2, -0.15) is 0 Å². The molecule has 2 aliphatic rings. The molecule has 8 heteroatoms. The molecule has 0 aromatic heterocycles. The van der Waals surface area contributed by atoms with Crippen LogP contribution in [0, 0.1) is 0 Å². The van der Waals surface area contributed by atoms with Gasteiger partial charge in [0, 0.05) is 32.9 Å². The molecule has 2 heterocycles. The molecule has 0 spiro atoms. The Labute approximate surface area is 227 Å². The maximum absolute atomic E-state index is 6.41. The van der Waals surface area contributed by atoms with Crippen molar-refractivity contribution in [3.05, 3.63) is 81.6 Å². The van der Waals surface area contributed by atoms with Crippen LogP contribution in [0.1, 0.15) is 44.5 Å². The van der Waals surface area contributed by atoms with Crippen LogP contribution in [-0.2, 0) is 11.0 Å². The van der Waals surface area contributed by atoms with Crippen molar-refractivity contribution < 1.29 is 4.43 Å². The fraction of sp³-hybridized carbons (Fsp3) is 0.464. The Morgan fingerprint density at radius 3 is 2.44 bits per heavy atom. The van der Waals surface area contributed by atoms with E-state index in [0.29, 0.717) is 10.0 Å². The van der Waals surface area contributed by atoms with Crippen LogP contribution in [-0.4, -0.2) is 55.7 Å². The third-order valence-electron chi connectivity index (χ3n) is 7.43. The van der Waals surface area contributed by atoms with Crippen molar-refractivity contribution in [3.63, 3.8) is 0 Å². The minimum absolute atomic E-state index is 0.162. The van der Waals surface area contributed by atoms with Gasteiger partial charge in [0.15, 0.2) is 14.2 Å². The molecular weight excluding hydrogens is 507 g/mol. The van der Waals surface area contributed by atoms with Gasteiger partial charge in [-0.25, -0.2) is 4.99 Å². The van der Waals surface area contributed by atoms with Gasteiger partial charge in [-0.05, 0) is 47.8 Å². The van der Waals surface area contributed by atoms with E-state index in [-0.39, 0.29) is 11.2 Å². The number of halogens is 2. The normalized spacial score (nSPS) is 18.3. The molecule has 0 bridgehead atoms. The highest BCUT2D eigenvalue weighted by Gasteiger charge is 2.38. The highest BCUT2D eigenvalue weighted by atomic mass is 35.5. The minimum atomic E-state index is -1.73. The zero-order chi connectivity index (χ0) is 26.1. The van der Waals surface area contributed by atoms with Crippen molar-refractivity contribution in [1.29, 1.82) is 0 Å². The van der Waals surface area contributed by atoms with Gasteiger partial charge < -0.3 is 19.1 Å². The second-order valence-corrected chi connectivity index (χ2v) is 16.9. The van der Waals surface area contributed by atoms with Crippen molar-refractivity contribution in [2.75, 3.05) is 26.9 Å². The summed E-state index contributed by atoms with van der Waals surface area (Å²) in [5.74, 6) is 1.01. The molecule has 0 fully saturated rings. The Balaban J connectivity index is 1.55. The number of rotatable bonds is 8. The molecule has 0 amide bonds. The third-order valence-corrected chi connectivity index (χ3v) is 12.7. The van der Waals surface area contributed by atoms with E-state index in [2.05, 4.69) is 86.1 Å². The molecule has 0 aliphatic carbocycles. The molecular formula is C28H38Cl2N4OSi. The lowest BCUT2D eigenvalue weighted by molar-refractivity contribution is 0.212. The lowest BCUT2D eigenvalue weighted by atomic mass is 10.1. The standard InChI is InChI=1S/C28H38Cl2N4OSi/c1-28(2,3)36(5,6)35-16-10-15-33-19-25-27(32(4)20-33)31-26(22-13-14-23(29)24(30)17-22)34(25)18-21-11-8-7-9-12-21/h7-9,11-14,17,19,26H,10,15-16,18,20H2,1-6H3. The number of aliphatic imine (C=N–C) groups is 1. The molecule has 2 aromatic rings. The highest BCUT2D eigenvalue weighted by Crippen LogP contribution is 2.39. The molecule has 4 rings (SSSR count). The summed E-state index contributed by atoms with van der Waals surface area (Å²) in [6, 6.07) is 16.3. The minimum Gasteiger partial charge on any atom is -0.417 e. The zero-order valence-electron chi connectivity index (χ0n) is 22.3. The maximum atomic E-state index is 6.41. The first-order valence-electron chi connectivity index (χ1n) is 12.6. The fourth-order valence-electron chi connectivity index (χ4n) is 4.32. The number of nitrogens with zero attached hydrogens (tertiary/aromatic N) is 4. The lowest BCUT2D eigenvalue weighted by Gasteiger charge is -2.38. The number of fused-ring (bicyclic) bond motifs is 1. The SMILES string of the molecule is CN1CN(CCCO[Si](C)(C)C(C)(C)C)C=C2C1=NC(c1ccc(Cl)c(Cl)c1)N2Cc1ccccc1. The van der Waals surface area contributed by atoms with E-state index < -0.39 is 8.32 Å². The van der Waals surface area contributed by atoms with Crippen LogP contribution in [0.15, 0.2) is 65.4 Å². The van der Waals surface area contributed by atoms with E-state index in [9.17, 15) is 0 Å². The van der Waals surface area contributed by atoms with E-state index in [1.807, 2.05) is 24.3 Å². The first-order chi connectivity index (χ1) is 17.0. The maximum Gasteiger partial charge on any atom is 0.191 e. The van der Waals surface area contributed by atoms with Gasteiger partial charge in [-0.15, -0.1) is 0 Å². The van der Waals surface area contributed by atoms with Crippen LogP contribution in [0.2, 0.25) is 28.2 Å². The van der Waals surface area contributed by atoms with E-state index in [1.165, 1.54) is 5.56 Å². The van der Waals surface area contributed by atoms with Crippen LogP contribution >= 0.6 is 23.2 Å². The average Bonchev–Trinajstić information content (AvgIpc) is 3.17. The Morgan fingerprint density at radius 1 is 1.06 bits per heavy atom. The lowest BCUT2D eigenvalue weighted by Crippen LogP contribution is -2.44. The van der Waals surface area contributed by atoms with Crippen LogP contribution in [0.4, 0.5) is 0 Å². The summed E-state index contributed by atoms with van der Waals surface area (Å²) in [4.78, 5) is 12.1. The molecule has 1 atom stereocenters. The molecule has 36 heavy (non-hydrogen) atoms. The number of benzene rings is 2. The molecule has 1 unspecified atom stereocenters. The van der Waals surface area contributed by atoms with Crippen molar-refractivity contribution in [2.45, 2.75) is 58.0 Å². The van der Waals surface area contributed by atoms with Crippen molar-refractivity contribution in [1.82, 2.24) is 14.7 Å². The van der Waals surface area contributed by atoms with Crippen molar-refractivity contribution in [3.8, 4) is 0 Å². The van der Waals surface area contributed by atoms with Crippen LogP contribution in [0.25, 0.3) is 0 Å². The predicted octanol–water partition coefficient (Wildman–Crippen LogP) is 7.36. The number of hydrogen-bond acceptors (Lipinski definition) is 5. The van der Waals surface area contributed by atoms with Gasteiger partial charge in [-0.3, -0.25) is 0 Å². The van der Waals surface area contributed by atoms with Crippen LogP contribution in [0.3, 0.4) is 0 Å². The van der Waals surface area contributed by atoms with Gasteiger partial charge in [0.25, 0.3) is 0 Å². The molecule has 0 N–H and O–H groups in total. The molecule has 194 valence electrons. The van der Waals surface area contributed by atoms with Gasteiger partial charge in [-0.1, -0.05) is 80.4 Å². The molecule has 5 nitrogen and oxygen atoms in total. The summed E-state index contributed by atoms with van der Waals surface area (Å²) in [7, 11) is 0.386.